The zero-order valence-electron chi connectivity index (χ0n) is 9.30. The number of nitrogens with zero attached hydrogens (tertiary/aromatic N) is 3. The van der Waals surface area contributed by atoms with Crippen LogP contribution in [-0.2, 0) is 25.7 Å². The van der Waals surface area contributed by atoms with E-state index in [1.807, 2.05) is 18.9 Å². The summed E-state index contributed by atoms with van der Waals surface area (Å²) < 4.78 is 39.5. The number of hydrogen-bond acceptors (Lipinski definition) is 2. The van der Waals surface area contributed by atoms with Crippen LogP contribution in [0.2, 0.25) is 0 Å². The molecule has 2 heterocycles. The van der Waals surface area contributed by atoms with E-state index in [1.165, 1.54) is 4.57 Å². The van der Waals surface area contributed by atoms with Crippen LogP contribution >= 0.6 is 0 Å². The van der Waals surface area contributed by atoms with Crippen molar-refractivity contribution in [3.63, 3.8) is 0 Å². The number of halogens is 3. The molecule has 90 valence electrons. The Morgan fingerprint density at radius 2 is 2.00 bits per heavy atom. The molecule has 0 radical (unpaired) electrons. The van der Waals surface area contributed by atoms with Crippen molar-refractivity contribution in [3.05, 3.63) is 17.2 Å². The van der Waals surface area contributed by atoms with Crippen LogP contribution < -0.4 is 0 Å². The molecule has 0 amide bonds. The normalized spacial score (nSPS) is 17.6. The first kappa shape index (κ1) is 11.4. The van der Waals surface area contributed by atoms with Gasteiger partial charge in [-0.3, -0.25) is 4.90 Å². The highest BCUT2D eigenvalue weighted by Gasteiger charge is 2.39. The Labute approximate surface area is 91.9 Å². The SMILES string of the molecule is CCc1nc(C(F)(F)F)n2c1CN(C)CC2. The molecule has 1 aliphatic heterocycles. The lowest BCUT2D eigenvalue weighted by Crippen LogP contribution is -2.32. The number of fused-ring (bicyclic) bond motifs is 1. The maximum Gasteiger partial charge on any atom is 0.449 e. The number of rotatable bonds is 1. The Balaban J connectivity index is 2.50. The Kier molecular flexibility index (Phi) is 2.69. The largest absolute Gasteiger partial charge is 0.449 e. The average Bonchev–Trinajstić information content (AvgIpc) is 2.55. The van der Waals surface area contributed by atoms with Crippen molar-refractivity contribution in [2.24, 2.45) is 0 Å². The Morgan fingerprint density at radius 1 is 1.31 bits per heavy atom. The van der Waals surface area contributed by atoms with Gasteiger partial charge in [0.2, 0.25) is 5.82 Å². The predicted molar refractivity (Wildman–Crippen MR) is 52.9 cm³/mol. The van der Waals surface area contributed by atoms with Crippen LogP contribution in [0.15, 0.2) is 0 Å². The summed E-state index contributed by atoms with van der Waals surface area (Å²) in [7, 11) is 1.91. The van der Waals surface area contributed by atoms with E-state index in [2.05, 4.69) is 4.98 Å². The molecule has 16 heavy (non-hydrogen) atoms. The van der Waals surface area contributed by atoms with Crippen molar-refractivity contribution in [2.45, 2.75) is 32.6 Å². The minimum atomic E-state index is -4.35. The van der Waals surface area contributed by atoms with Gasteiger partial charge in [-0.25, -0.2) is 4.98 Å². The van der Waals surface area contributed by atoms with Gasteiger partial charge in [0.05, 0.1) is 11.4 Å². The van der Waals surface area contributed by atoms with Gasteiger partial charge in [-0.1, -0.05) is 6.92 Å². The van der Waals surface area contributed by atoms with Crippen molar-refractivity contribution >= 4 is 0 Å². The Morgan fingerprint density at radius 3 is 2.56 bits per heavy atom. The molecule has 0 saturated heterocycles. The standard InChI is InChI=1S/C10H14F3N3/c1-3-7-8-6-15(2)4-5-16(8)9(14-7)10(11,12)13/h3-6H2,1-2H3. The Bertz CT molecular complexity index is 395. The van der Waals surface area contributed by atoms with E-state index in [0.717, 1.165) is 0 Å². The molecule has 0 fully saturated rings. The minimum Gasteiger partial charge on any atom is -0.322 e. The number of likely N-dealkylation sites (N-methyl/N-ethyl adjacent to an activating group) is 1. The van der Waals surface area contributed by atoms with Gasteiger partial charge in [0.15, 0.2) is 0 Å². The van der Waals surface area contributed by atoms with E-state index in [9.17, 15) is 13.2 Å². The van der Waals surface area contributed by atoms with E-state index >= 15 is 0 Å². The summed E-state index contributed by atoms with van der Waals surface area (Å²) in [4.78, 5) is 5.74. The van der Waals surface area contributed by atoms with Gasteiger partial charge in [0, 0.05) is 19.6 Å². The monoisotopic (exact) mass is 233 g/mol. The molecule has 1 aliphatic rings. The van der Waals surface area contributed by atoms with Crippen molar-refractivity contribution in [1.29, 1.82) is 0 Å². The first-order chi connectivity index (χ1) is 7.43. The van der Waals surface area contributed by atoms with Crippen LogP contribution in [0.4, 0.5) is 13.2 Å². The fourth-order valence-electron chi connectivity index (χ4n) is 2.06. The summed E-state index contributed by atoms with van der Waals surface area (Å²) in [6.45, 7) is 3.38. The second-order valence-corrected chi connectivity index (χ2v) is 4.07. The fourth-order valence-corrected chi connectivity index (χ4v) is 2.06. The number of hydrogen-bond donors (Lipinski definition) is 0. The summed E-state index contributed by atoms with van der Waals surface area (Å²) in [5.74, 6) is -0.743. The maximum atomic E-state index is 12.7. The van der Waals surface area contributed by atoms with Crippen LogP contribution in [0, 0.1) is 0 Å². The molecule has 0 saturated carbocycles. The molecule has 6 heteroatoms. The van der Waals surface area contributed by atoms with Crippen molar-refractivity contribution in [3.8, 4) is 0 Å². The molecule has 1 aromatic heterocycles. The van der Waals surface area contributed by atoms with E-state index < -0.39 is 12.0 Å². The number of aryl methyl sites for hydroxylation is 1. The molecule has 0 aliphatic carbocycles. The van der Waals surface area contributed by atoms with E-state index in [1.54, 1.807) is 0 Å². The summed E-state index contributed by atoms with van der Waals surface area (Å²) in [5, 5.41) is 0. The van der Waals surface area contributed by atoms with Crippen LogP contribution in [0.3, 0.4) is 0 Å². The second kappa shape index (κ2) is 3.76. The molecule has 0 bridgehead atoms. The lowest BCUT2D eigenvalue weighted by Gasteiger charge is -2.26. The smallest absolute Gasteiger partial charge is 0.322 e. The predicted octanol–water partition coefficient (Wildman–Crippen LogP) is 1.91. The molecular weight excluding hydrogens is 219 g/mol. The maximum absolute atomic E-state index is 12.7. The average molecular weight is 233 g/mol. The summed E-state index contributed by atoms with van der Waals surface area (Å²) >= 11 is 0. The van der Waals surface area contributed by atoms with Crippen molar-refractivity contribution < 1.29 is 13.2 Å². The van der Waals surface area contributed by atoms with Crippen LogP contribution in [0.1, 0.15) is 24.1 Å². The van der Waals surface area contributed by atoms with Gasteiger partial charge >= 0.3 is 6.18 Å². The summed E-state index contributed by atoms with van der Waals surface area (Å²) in [6, 6.07) is 0. The highest BCUT2D eigenvalue weighted by molar-refractivity contribution is 5.20. The number of imidazole rings is 1. The van der Waals surface area contributed by atoms with Gasteiger partial charge in [0.25, 0.3) is 0 Å². The lowest BCUT2D eigenvalue weighted by atomic mass is 10.2. The van der Waals surface area contributed by atoms with Gasteiger partial charge < -0.3 is 4.57 Å². The third-order valence-electron chi connectivity index (χ3n) is 2.87. The topological polar surface area (TPSA) is 21.1 Å². The first-order valence-corrected chi connectivity index (χ1v) is 5.27. The van der Waals surface area contributed by atoms with Gasteiger partial charge in [-0.2, -0.15) is 13.2 Å². The number of alkyl halides is 3. The molecule has 0 spiro atoms. The molecule has 1 aromatic rings. The van der Waals surface area contributed by atoms with E-state index in [0.29, 0.717) is 37.4 Å². The minimum absolute atomic E-state index is 0.369. The van der Waals surface area contributed by atoms with E-state index in [-0.39, 0.29) is 0 Å². The second-order valence-electron chi connectivity index (χ2n) is 4.07. The number of aromatic nitrogens is 2. The van der Waals surface area contributed by atoms with Gasteiger partial charge in [-0.05, 0) is 13.5 Å². The molecule has 0 aromatic carbocycles. The van der Waals surface area contributed by atoms with E-state index in [4.69, 9.17) is 0 Å². The van der Waals surface area contributed by atoms with Crippen molar-refractivity contribution in [2.75, 3.05) is 13.6 Å². The van der Waals surface area contributed by atoms with Crippen LogP contribution in [-0.4, -0.2) is 28.0 Å². The Hall–Kier alpha value is -1.04. The summed E-state index contributed by atoms with van der Waals surface area (Å²) in [5.41, 5.74) is 1.28. The zero-order valence-corrected chi connectivity index (χ0v) is 9.30. The molecule has 3 nitrogen and oxygen atoms in total. The van der Waals surface area contributed by atoms with Crippen LogP contribution in [0.5, 0.6) is 0 Å². The highest BCUT2D eigenvalue weighted by atomic mass is 19.4. The van der Waals surface area contributed by atoms with Gasteiger partial charge in [0.1, 0.15) is 0 Å². The third kappa shape index (κ3) is 1.81. The molecule has 0 unspecified atom stereocenters. The summed E-state index contributed by atoms with van der Waals surface area (Å²) in [6.07, 6.45) is -3.81. The van der Waals surface area contributed by atoms with Crippen molar-refractivity contribution in [1.82, 2.24) is 14.5 Å². The molecular formula is C10H14F3N3. The zero-order chi connectivity index (χ0) is 11.9. The molecule has 2 rings (SSSR count). The lowest BCUT2D eigenvalue weighted by molar-refractivity contribution is -0.147. The third-order valence-corrected chi connectivity index (χ3v) is 2.87. The first-order valence-electron chi connectivity index (χ1n) is 5.27. The molecule has 0 N–H and O–H groups in total. The van der Waals surface area contributed by atoms with Gasteiger partial charge in [-0.15, -0.1) is 0 Å². The van der Waals surface area contributed by atoms with Crippen LogP contribution in [0.25, 0.3) is 0 Å². The highest BCUT2D eigenvalue weighted by Crippen LogP contribution is 2.32. The molecule has 0 atom stereocenters. The fraction of sp³-hybridized carbons (Fsp3) is 0.700. The quantitative estimate of drug-likeness (QED) is 0.738.